The van der Waals surface area contributed by atoms with Crippen molar-refractivity contribution in [1.82, 2.24) is 10.2 Å². The lowest BCUT2D eigenvalue weighted by Gasteiger charge is -2.19. The molecular formula is C12H22N4O. The molecule has 0 aliphatic heterocycles. The van der Waals surface area contributed by atoms with Gasteiger partial charge in [-0.2, -0.15) is 5.10 Å². The van der Waals surface area contributed by atoms with E-state index in [1.807, 2.05) is 0 Å². The lowest BCUT2D eigenvalue weighted by atomic mass is 9.88. The van der Waals surface area contributed by atoms with Gasteiger partial charge in [0.1, 0.15) is 5.82 Å². The molecule has 17 heavy (non-hydrogen) atoms. The standard InChI is InChI=1S/C12H22N4O/c1-9(2)10(5-7-13)3-4-12(17)15-11-6-8-14-16-11/h6,8-10H,3-5,7,13H2,1-2H3,(H2,14,15,16,17). The molecule has 0 aliphatic rings. The van der Waals surface area contributed by atoms with E-state index in [0.717, 1.165) is 12.8 Å². The number of anilines is 1. The van der Waals surface area contributed by atoms with Gasteiger partial charge >= 0.3 is 0 Å². The van der Waals surface area contributed by atoms with Crippen molar-refractivity contribution < 1.29 is 4.79 Å². The van der Waals surface area contributed by atoms with Crippen LogP contribution in [-0.4, -0.2) is 22.6 Å². The number of nitrogens with two attached hydrogens (primary N) is 1. The van der Waals surface area contributed by atoms with Crippen LogP contribution in [0, 0.1) is 11.8 Å². The maximum absolute atomic E-state index is 11.7. The lowest BCUT2D eigenvalue weighted by molar-refractivity contribution is -0.116. The highest BCUT2D eigenvalue weighted by atomic mass is 16.1. The summed E-state index contributed by atoms with van der Waals surface area (Å²) in [4.78, 5) is 11.7. The zero-order valence-electron chi connectivity index (χ0n) is 10.6. The summed E-state index contributed by atoms with van der Waals surface area (Å²) < 4.78 is 0. The molecule has 4 N–H and O–H groups in total. The quantitative estimate of drug-likeness (QED) is 0.676. The Morgan fingerprint density at radius 2 is 2.29 bits per heavy atom. The van der Waals surface area contributed by atoms with Gasteiger partial charge in [0.25, 0.3) is 0 Å². The van der Waals surface area contributed by atoms with E-state index >= 15 is 0 Å². The van der Waals surface area contributed by atoms with Crippen molar-refractivity contribution >= 4 is 11.7 Å². The van der Waals surface area contributed by atoms with E-state index in [1.165, 1.54) is 0 Å². The number of nitrogens with one attached hydrogen (secondary N) is 2. The van der Waals surface area contributed by atoms with Gasteiger partial charge in [-0.15, -0.1) is 0 Å². The number of aromatic nitrogens is 2. The van der Waals surface area contributed by atoms with Crippen LogP contribution in [0.15, 0.2) is 12.3 Å². The first-order chi connectivity index (χ1) is 8.13. The van der Waals surface area contributed by atoms with Gasteiger partial charge in [0.2, 0.25) is 5.91 Å². The molecule has 1 unspecified atom stereocenters. The number of hydrogen-bond acceptors (Lipinski definition) is 3. The summed E-state index contributed by atoms with van der Waals surface area (Å²) >= 11 is 0. The highest BCUT2D eigenvalue weighted by molar-refractivity contribution is 5.89. The highest BCUT2D eigenvalue weighted by Gasteiger charge is 2.14. The average Bonchev–Trinajstić information content (AvgIpc) is 2.76. The van der Waals surface area contributed by atoms with Crippen LogP contribution in [0.4, 0.5) is 5.82 Å². The van der Waals surface area contributed by atoms with Crippen molar-refractivity contribution in [2.75, 3.05) is 11.9 Å². The third-order valence-electron chi connectivity index (χ3n) is 3.00. The maximum atomic E-state index is 11.7. The van der Waals surface area contributed by atoms with Crippen molar-refractivity contribution in [2.45, 2.75) is 33.1 Å². The van der Waals surface area contributed by atoms with E-state index in [9.17, 15) is 4.79 Å². The molecule has 0 spiro atoms. The Kier molecular flexibility index (Phi) is 5.69. The molecule has 0 fully saturated rings. The largest absolute Gasteiger partial charge is 0.330 e. The van der Waals surface area contributed by atoms with E-state index in [2.05, 4.69) is 29.4 Å². The molecular weight excluding hydrogens is 216 g/mol. The van der Waals surface area contributed by atoms with Gasteiger partial charge in [-0.1, -0.05) is 13.8 Å². The molecule has 5 heteroatoms. The molecule has 0 aromatic carbocycles. The number of nitrogens with zero attached hydrogens (tertiary/aromatic N) is 1. The molecule has 1 rings (SSSR count). The van der Waals surface area contributed by atoms with Crippen molar-refractivity contribution in [2.24, 2.45) is 17.6 Å². The van der Waals surface area contributed by atoms with Gasteiger partial charge < -0.3 is 11.1 Å². The Bertz CT molecular complexity index is 321. The Hall–Kier alpha value is -1.36. The van der Waals surface area contributed by atoms with Crippen LogP contribution in [-0.2, 0) is 4.79 Å². The first-order valence-corrected chi connectivity index (χ1v) is 6.12. The molecule has 5 nitrogen and oxygen atoms in total. The van der Waals surface area contributed by atoms with Gasteiger partial charge in [-0.05, 0) is 31.2 Å². The Morgan fingerprint density at radius 1 is 1.53 bits per heavy atom. The number of rotatable bonds is 7. The minimum absolute atomic E-state index is 0.0249. The van der Waals surface area contributed by atoms with E-state index < -0.39 is 0 Å². The zero-order valence-corrected chi connectivity index (χ0v) is 10.6. The van der Waals surface area contributed by atoms with Crippen molar-refractivity contribution in [1.29, 1.82) is 0 Å². The summed E-state index contributed by atoms with van der Waals surface area (Å²) in [5, 5.41) is 9.24. The third-order valence-corrected chi connectivity index (χ3v) is 3.00. The predicted molar refractivity (Wildman–Crippen MR) is 68.5 cm³/mol. The molecule has 1 atom stereocenters. The van der Waals surface area contributed by atoms with Gasteiger partial charge in [-0.3, -0.25) is 9.89 Å². The molecule has 0 saturated carbocycles. The van der Waals surface area contributed by atoms with Gasteiger partial charge in [0.05, 0.1) is 6.20 Å². The van der Waals surface area contributed by atoms with Crippen LogP contribution in [0.1, 0.15) is 33.1 Å². The van der Waals surface area contributed by atoms with E-state index in [4.69, 9.17) is 5.73 Å². The van der Waals surface area contributed by atoms with Gasteiger partial charge in [-0.25, -0.2) is 0 Å². The molecule has 0 saturated heterocycles. The average molecular weight is 238 g/mol. The van der Waals surface area contributed by atoms with Crippen LogP contribution in [0.5, 0.6) is 0 Å². The second-order valence-electron chi connectivity index (χ2n) is 4.64. The minimum atomic E-state index is 0.0249. The van der Waals surface area contributed by atoms with Crippen molar-refractivity contribution in [3.05, 3.63) is 12.3 Å². The van der Waals surface area contributed by atoms with Crippen LogP contribution >= 0.6 is 0 Å². The lowest BCUT2D eigenvalue weighted by Crippen LogP contribution is -2.18. The first-order valence-electron chi connectivity index (χ1n) is 6.12. The predicted octanol–water partition coefficient (Wildman–Crippen LogP) is 1.75. The third kappa shape index (κ3) is 4.99. The zero-order chi connectivity index (χ0) is 12.7. The second-order valence-corrected chi connectivity index (χ2v) is 4.64. The summed E-state index contributed by atoms with van der Waals surface area (Å²) in [6.45, 7) is 5.03. The van der Waals surface area contributed by atoms with Crippen molar-refractivity contribution in [3.8, 4) is 0 Å². The summed E-state index contributed by atoms with van der Waals surface area (Å²) in [5.41, 5.74) is 5.57. The number of aromatic amines is 1. The Morgan fingerprint density at radius 3 is 2.82 bits per heavy atom. The van der Waals surface area contributed by atoms with E-state index in [-0.39, 0.29) is 5.91 Å². The Balaban J connectivity index is 2.31. The summed E-state index contributed by atoms with van der Waals surface area (Å²) in [6, 6.07) is 1.73. The van der Waals surface area contributed by atoms with Crippen LogP contribution in [0.2, 0.25) is 0 Å². The summed E-state index contributed by atoms with van der Waals surface area (Å²) in [5.74, 6) is 1.76. The molecule has 96 valence electrons. The number of hydrogen-bond donors (Lipinski definition) is 3. The number of carbonyl (C=O) groups is 1. The first kappa shape index (κ1) is 13.7. The molecule has 1 aromatic rings. The summed E-state index contributed by atoms with van der Waals surface area (Å²) in [6.07, 6.45) is 4.01. The van der Waals surface area contributed by atoms with Crippen molar-refractivity contribution in [3.63, 3.8) is 0 Å². The molecule has 0 radical (unpaired) electrons. The number of H-pyrrole nitrogens is 1. The fraction of sp³-hybridized carbons (Fsp3) is 0.667. The number of carbonyl (C=O) groups excluding carboxylic acids is 1. The SMILES string of the molecule is CC(C)C(CCN)CCC(=O)Nc1ccn[nH]1. The smallest absolute Gasteiger partial charge is 0.225 e. The van der Waals surface area contributed by atoms with Crippen LogP contribution in [0.3, 0.4) is 0 Å². The van der Waals surface area contributed by atoms with Crippen LogP contribution in [0.25, 0.3) is 0 Å². The molecule has 1 aromatic heterocycles. The highest BCUT2D eigenvalue weighted by Crippen LogP contribution is 2.20. The fourth-order valence-corrected chi connectivity index (χ4v) is 1.88. The summed E-state index contributed by atoms with van der Waals surface area (Å²) in [7, 11) is 0. The molecule has 0 aliphatic carbocycles. The van der Waals surface area contributed by atoms with Gasteiger partial charge in [0, 0.05) is 12.5 Å². The Labute approximate surface area is 102 Å². The fourth-order valence-electron chi connectivity index (χ4n) is 1.88. The maximum Gasteiger partial charge on any atom is 0.225 e. The molecule has 1 amide bonds. The monoisotopic (exact) mass is 238 g/mol. The topological polar surface area (TPSA) is 83.8 Å². The van der Waals surface area contributed by atoms with Gasteiger partial charge in [0.15, 0.2) is 0 Å². The number of amides is 1. The molecule has 0 bridgehead atoms. The normalized spacial score (nSPS) is 12.7. The second kappa shape index (κ2) is 7.06. The van der Waals surface area contributed by atoms with E-state index in [1.54, 1.807) is 12.3 Å². The minimum Gasteiger partial charge on any atom is -0.330 e. The molecule has 1 heterocycles. The van der Waals surface area contributed by atoms with Crippen LogP contribution < -0.4 is 11.1 Å². The van der Waals surface area contributed by atoms with E-state index in [0.29, 0.717) is 30.6 Å².